The second-order valence-corrected chi connectivity index (χ2v) is 12.2. The number of aliphatic hydroxyl groups excluding tert-OH is 1. The van der Waals surface area contributed by atoms with Crippen LogP contribution in [0.25, 0.3) is 10.9 Å². The van der Waals surface area contributed by atoms with E-state index >= 15 is 0 Å². The van der Waals surface area contributed by atoms with Gasteiger partial charge in [-0.25, -0.2) is 0 Å². The highest BCUT2D eigenvalue weighted by Crippen LogP contribution is 2.46. The summed E-state index contributed by atoms with van der Waals surface area (Å²) < 4.78 is 35.4. The number of hydrogen-bond donors (Lipinski definition) is 2. The molecule has 34 heavy (non-hydrogen) atoms. The molecule has 5 rings (SSSR count). The molecule has 1 aromatic heterocycles. The average molecular weight is 490 g/mol. The Hall–Kier alpha value is -1.94. The maximum atomic E-state index is 13.7. The number of aromatic nitrogens is 1. The first kappa shape index (κ1) is 23.8. The van der Waals surface area contributed by atoms with E-state index in [4.69, 9.17) is 0 Å². The van der Waals surface area contributed by atoms with Crippen molar-refractivity contribution in [2.45, 2.75) is 76.1 Å². The minimum absolute atomic E-state index is 0.160. The number of hydrogen-bond acceptors (Lipinski definition) is 5. The molecule has 5 atom stereocenters. The van der Waals surface area contributed by atoms with Gasteiger partial charge in [0.1, 0.15) is 5.88 Å². The molecule has 186 valence electrons. The van der Waals surface area contributed by atoms with Gasteiger partial charge in [-0.3, -0.25) is 9.35 Å². The SMILES string of the molecule is CC(C)n1cc2c3c(cccc31)C1CC(C(=O)N(CS(=O)(=O)O)[C@@H]3CCC[C@@H]3O)CN(C)[C@@H]1C2. The van der Waals surface area contributed by atoms with Gasteiger partial charge in [-0.2, -0.15) is 8.42 Å². The van der Waals surface area contributed by atoms with Crippen molar-refractivity contribution in [3.63, 3.8) is 0 Å². The van der Waals surface area contributed by atoms with Crippen LogP contribution < -0.4 is 0 Å². The summed E-state index contributed by atoms with van der Waals surface area (Å²) >= 11 is 0. The summed E-state index contributed by atoms with van der Waals surface area (Å²) in [6, 6.07) is 6.48. The van der Waals surface area contributed by atoms with Crippen LogP contribution in [0.3, 0.4) is 0 Å². The third-order valence-electron chi connectivity index (χ3n) is 8.21. The van der Waals surface area contributed by atoms with Gasteiger partial charge in [-0.15, -0.1) is 0 Å². The average Bonchev–Trinajstić information content (AvgIpc) is 3.36. The Balaban J connectivity index is 1.49. The Labute approximate surface area is 201 Å². The van der Waals surface area contributed by atoms with E-state index in [-0.39, 0.29) is 17.9 Å². The number of aliphatic hydroxyl groups is 1. The summed E-state index contributed by atoms with van der Waals surface area (Å²) in [7, 11) is -2.36. The summed E-state index contributed by atoms with van der Waals surface area (Å²) in [5, 5.41) is 11.7. The first-order chi connectivity index (χ1) is 16.0. The number of likely N-dealkylation sites (N-methyl/N-ethyl adjacent to an activating group) is 1. The number of fused-ring (bicyclic) bond motifs is 2. The van der Waals surface area contributed by atoms with E-state index < -0.39 is 34.1 Å². The minimum atomic E-state index is -4.40. The van der Waals surface area contributed by atoms with Gasteiger partial charge in [0.2, 0.25) is 5.91 Å². The Morgan fingerprint density at radius 1 is 1.26 bits per heavy atom. The molecule has 2 aliphatic carbocycles. The Morgan fingerprint density at radius 2 is 2.03 bits per heavy atom. The van der Waals surface area contributed by atoms with E-state index in [0.717, 1.165) is 12.8 Å². The lowest BCUT2D eigenvalue weighted by Crippen LogP contribution is -2.55. The second kappa shape index (κ2) is 8.62. The van der Waals surface area contributed by atoms with Crippen LogP contribution in [0.1, 0.15) is 62.6 Å². The summed E-state index contributed by atoms with van der Waals surface area (Å²) in [6.45, 7) is 4.90. The zero-order valence-electron chi connectivity index (χ0n) is 20.1. The Kier molecular flexibility index (Phi) is 6.03. The molecule has 2 fully saturated rings. The predicted octanol–water partition coefficient (Wildman–Crippen LogP) is 2.77. The number of amides is 1. The number of nitrogens with zero attached hydrogens (tertiary/aromatic N) is 3. The predicted molar refractivity (Wildman–Crippen MR) is 130 cm³/mol. The molecule has 8 nitrogen and oxygen atoms in total. The topological polar surface area (TPSA) is 103 Å². The molecule has 1 saturated carbocycles. The van der Waals surface area contributed by atoms with E-state index in [1.54, 1.807) is 0 Å². The lowest BCUT2D eigenvalue weighted by Gasteiger charge is -2.46. The van der Waals surface area contributed by atoms with Crippen molar-refractivity contribution in [2.75, 3.05) is 19.5 Å². The highest BCUT2D eigenvalue weighted by atomic mass is 32.2. The summed E-state index contributed by atoms with van der Waals surface area (Å²) in [6.07, 6.45) is 4.87. The molecule has 1 aliphatic heterocycles. The molecule has 2 aromatic rings. The van der Waals surface area contributed by atoms with Crippen LogP contribution in [0.2, 0.25) is 0 Å². The van der Waals surface area contributed by atoms with Crippen molar-refractivity contribution in [1.82, 2.24) is 14.4 Å². The van der Waals surface area contributed by atoms with E-state index in [9.17, 15) is 22.9 Å². The fourth-order valence-corrected chi connectivity index (χ4v) is 7.37. The fraction of sp³-hybridized carbons (Fsp3) is 0.640. The maximum absolute atomic E-state index is 13.7. The van der Waals surface area contributed by atoms with Crippen molar-refractivity contribution in [3.05, 3.63) is 35.5 Å². The van der Waals surface area contributed by atoms with E-state index in [1.165, 1.54) is 26.9 Å². The van der Waals surface area contributed by atoms with Crippen LogP contribution in [-0.2, 0) is 21.3 Å². The van der Waals surface area contributed by atoms with Crippen molar-refractivity contribution in [3.8, 4) is 0 Å². The fourth-order valence-electron chi connectivity index (χ4n) is 6.70. The van der Waals surface area contributed by atoms with Gasteiger partial charge < -0.3 is 19.5 Å². The summed E-state index contributed by atoms with van der Waals surface area (Å²) in [5.41, 5.74) is 3.83. The van der Waals surface area contributed by atoms with Crippen molar-refractivity contribution < 1.29 is 22.9 Å². The van der Waals surface area contributed by atoms with Crippen molar-refractivity contribution >= 4 is 26.9 Å². The van der Waals surface area contributed by atoms with E-state index in [1.807, 2.05) is 7.05 Å². The summed E-state index contributed by atoms with van der Waals surface area (Å²) in [4.78, 5) is 17.2. The van der Waals surface area contributed by atoms with Gasteiger partial charge in [-0.05, 0) is 70.2 Å². The van der Waals surface area contributed by atoms with Crippen molar-refractivity contribution in [1.29, 1.82) is 0 Å². The molecule has 0 spiro atoms. The Morgan fingerprint density at radius 3 is 2.68 bits per heavy atom. The highest BCUT2D eigenvalue weighted by molar-refractivity contribution is 7.85. The van der Waals surface area contributed by atoms with Gasteiger partial charge in [0, 0.05) is 41.6 Å². The molecule has 1 saturated heterocycles. The number of rotatable bonds is 5. The van der Waals surface area contributed by atoms with Crippen LogP contribution in [-0.4, -0.2) is 76.0 Å². The molecule has 2 heterocycles. The zero-order valence-corrected chi connectivity index (χ0v) is 20.9. The summed E-state index contributed by atoms with van der Waals surface area (Å²) in [5.74, 6) is -1.29. The van der Waals surface area contributed by atoms with Gasteiger partial charge in [0.05, 0.1) is 18.1 Å². The first-order valence-corrected chi connectivity index (χ1v) is 13.9. The number of carbonyl (C=O) groups excluding carboxylic acids is 1. The normalized spacial score (nSPS) is 29.5. The van der Waals surface area contributed by atoms with Crippen LogP contribution >= 0.6 is 0 Å². The number of piperidine rings is 1. The minimum Gasteiger partial charge on any atom is -0.391 e. The van der Waals surface area contributed by atoms with Gasteiger partial charge in [0.25, 0.3) is 10.1 Å². The van der Waals surface area contributed by atoms with Crippen LogP contribution in [0, 0.1) is 5.92 Å². The van der Waals surface area contributed by atoms with Crippen molar-refractivity contribution in [2.24, 2.45) is 5.92 Å². The largest absolute Gasteiger partial charge is 0.391 e. The maximum Gasteiger partial charge on any atom is 0.283 e. The molecule has 2 unspecified atom stereocenters. The molecule has 1 aromatic carbocycles. The quantitative estimate of drug-likeness (QED) is 0.626. The van der Waals surface area contributed by atoms with Gasteiger partial charge >= 0.3 is 0 Å². The van der Waals surface area contributed by atoms with E-state index in [2.05, 4.69) is 47.7 Å². The molecule has 2 N–H and O–H groups in total. The van der Waals surface area contributed by atoms with Gasteiger partial charge in [-0.1, -0.05) is 12.1 Å². The second-order valence-electron chi connectivity index (χ2n) is 10.7. The molecule has 0 bridgehead atoms. The van der Waals surface area contributed by atoms with E-state index in [0.29, 0.717) is 31.8 Å². The molecule has 0 radical (unpaired) electrons. The first-order valence-electron chi connectivity index (χ1n) is 12.3. The lowest BCUT2D eigenvalue weighted by molar-refractivity contribution is -0.141. The smallest absolute Gasteiger partial charge is 0.283 e. The Bertz CT molecular complexity index is 1210. The highest BCUT2D eigenvalue weighted by Gasteiger charge is 2.45. The molecular weight excluding hydrogens is 454 g/mol. The number of carbonyl (C=O) groups is 1. The third-order valence-corrected chi connectivity index (χ3v) is 8.81. The number of likely N-dealkylation sites (tertiary alicyclic amines) is 1. The van der Waals surface area contributed by atoms with Crippen LogP contribution in [0.4, 0.5) is 0 Å². The molecular formula is C25H35N3O5S. The van der Waals surface area contributed by atoms with Crippen LogP contribution in [0.15, 0.2) is 24.4 Å². The third kappa shape index (κ3) is 4.06. The van der Waals surface area contributed by atoms with Gasteiger partial charge in [0.15, 0.2) is 0 Å². The van der Waals surface area contributed by atoms with Crippen LogP contribution in [0.5, 0.6) is 0 Å². The molecule has 9 heteroatoms. The zero-order chi connectivity index (χ0) is 24.4. The molecule has 1 amide bonds. The standard InChI is InChI=1S/C25H35N3O5S/c1-15(2)27-13-16-11-22-19(18-6-4-8-21(27)24(16)18)10-17(12-26(22)3)25(30)28(14-34(31,32)33)20-7-5-9-23(20)29/h4,6,8,13,15,17,19-20,22-23,29H,5,7,9-12,14H2,1-3H3,(H,31,32,33)/t17?,19?,20-,22-,23+/m1/s1. The number of benzene rings is 1. The molecule has 3 aliphatic rings. The lowest BCUT2D eigenvalue weighted by atomic mass is 9.72. The monoisotopic (exact) mass is 489 g/mol.